The molecule has 0 saturated carbocycles. The van der Waals surface area contributed by atoms with Crippen molar-refractivity contribution in [3.8, 4) is 0 Å². The molecule has 2 aromatic rings. The average Bonchev–Trinajstić information content (AvgIpc) is 2.60. The van der Waals surface area contributed by atoms with Crippen molar-refractivity contribution in [2.75, 3.05) is 28.7 Å². The molecule has 0 amide bonds. The SMILES string of the molecule is CC(C)N(c1nc(NCCCO)cc(NCc2cccc(Cl)c2)n1)C(C)C. The van der Waals surface area contributed by atoms with Gasteiger partial charge in [-0.3, -0.25) is 0 Å². The number of aliphatic hydroxyl groups is 1. The summed E-state index contributed by atoms with van der Waals surface area (Å²) in [5.74, 6) is 2.17. The topological polar surface area (TPSA) is 73.3 Å². The molecular formula is C20H30ClN5O. The van der Waals surface area contributed by atoms with Crippen LogP contribution in [-0.2, 0) is 6.54 Å². The van der Waals surface area contributed by atoms with E-state index in [0.29, 0.717) is 25.5 Å². The van der Waals surface area contributed by atoms with Crippen molar-refractivity contribution in [1.82, 2.24) is 9.97 Å². The van der Waals surface area contributed by atoms with Gasteiger partial charge in [0, 0.05) is 42.9 Å². The minimum absolute atomic E-state index is 0.148. The Morgan fingerprint density at radius 1 is 1.04 bits per heavy atom. The smallest absolute Gasteiger partial charge is 0.229 e. The lowest BCUT2D eigenvalue weighted by atomic mass is 10.2. The fourth-order valence-electron chi connectivity index (χ4n) is 2.92. The molecule has 1 aromatic heterocycles. The first-order valence-electron chi connectivity index (χ1n) is 9.41. The van der Waals surface area contributed by atoms with E-state index in [1.807, 2.05) is 30.3 Å². The number of aromatic nitrogens is 2. The molecule has 0 unspecified atom stereocenters. The minimum atomic E-state index is 0.148. The van der Waals surface area contributed by atoms with Crippen molar-refractivity contribution < 1.29 is 5.11 Å². The van der Waals surface area contributed by atoms with Gasteiger partial charge in [-0.2, -0.15) is 9.97 Å². The average molecular weight is 392 g/mol. The van der Waals surface area contributed by atoms with Gasteiger partial charge < -0.3 is 20.6 Å². The highest BCUT2D eigenvalue weighted by atomic mass is 35.5. The summed E-state index contributed by atoms with van der Waals surface area (Å²) >= 11 is 6.07. The third kappa shape index (κ3) is 6.56. The quantitative estimate of drug-likeness (QED) is 0.528. The molecule has 148 valence electrons. The van der Waals surface area contributed by atoms with Crippen LogP contribution in [0.1, 0.15) is 39.7 Å². The van der Waals surface area contributed by atoms with E-state index in [0.717, 1.165) is 22.2 Å². The van der Waals surface area contributed by atoms with E-state index >= 15 is 0 Å². The molecule has 0 spiro atoms. The molecule has 2 rings (SSSR count). The number of rotatable bonds is 10. The first kappa shape index (κ1) is 21.3. The van der Waals surface area contributed by atoms with Crippen molar-refractivity contribution in [3.63, 3.8) is 0 Å². The van der Waals surface area contributed by atoms with Crippen LogP contribution in [0.2, 0.25) is 5.02 Å². The third-order valence-corrected chi connectivity index (χ3v) is 4.30. The van der Waals surface area contributed by atoms with Crippen LogP contribution >= 0.6 is 11.6 Å². The zero-order valence-corrected chi connectivity index (χ0v) is 17.3. The first-order chi connectivity index (χ1) is 12.9. The van der Waals surface area contributed by atoms with Gasteiger partial charge in [0.25, 0.3) is 0 Å². The van der Waals surface area contributed by atoms with E-state index in [-0.39, 0.29) is 18.7 Å². The number of aliphatic hydroxyl groups excluding tert-OH is 1. The number of nitrogens with one attached hydrogen (secondary N) is 2. The standard InChI is InChI=1S/C20H30ClN5O/c1-14(2)26(15(3)4)20-24-18(22-9-6-10-27)12-19(25-20)23-13-16-7-5-8-17(21)11-16/h5,7-8,11-12,14-15,27H,6,9-10,13H2,1-4H3,(H2,22,23,24,25). The molecule has 3 N–H and O–H groups in total. The van der Waals surface area contributed by atoms with Crippen LogP contribution in [0.4, 0.5) is 17.6 Å². The van der Waals surface area contributed by atoms with Crippen LogP contribution in [0, 0.1) is 0 Å². The fourth-order valence-corrected chi connectivity index (χ4v) is 3.14. The molecule has 27 heavy (non-hydrogen) atoms. The Balaban J connectivity index is 2.25. The van der Waals surface area contributed by atoms with Crippen molar-refractivity contribution in [2.45, 2.75) is 52.7 Å². The number of benzene rings is 1. The summed E-state index contributed by atoms with van der Waals surface area (Å²) in [5, 5.41) is 16.4. The highest BCUT2D eigenvalue weighted by molar-refractivity contribution is 6.30. The molecule has 0 aliphatic rings. The largest absolute Gasteiger partial charge is 0.396 e. The molecule has 0 aliphatic heterocycles. The van der Waals surface area contributed by atoms with E-state index in [1.54, 1.807) is 0 Å². The van der Waals surface area contributed by atoms with Crippen LogP contribution in [-0.4, -0.2) is 40.3 Å². The Hall–Kier alpha value is -2.05. The molecule has 1 aromatic carbocycles. The van der Waals surface area contributed by atoms with Crippen molar-refractivity contribution in [3.05, 3.63) is 40.9 Å². The molecular weight excluding hydrogens is 362 g/mol. The lowest BCUT2D eigenvalue weighted by molar-refractivity contribution is 0.292. The minimum Gasteiger partial charge on any atom is -0.396 e. The van der Waals surface area contributed by atoms with E-state index in [1.165, 1.54) is 0 Å². The highest BCUT2D eigenvalue weighted by Gasteiger charge is 2.18. The second-order valence-electron chi connectivity index (χ2n) is 7.02. The second-order valence-corrected chi connectivity index (χ2v) is 7.46. The Morgan fingerprint density at radius 2 is 1.70 bits per heavy atom. The molecule has 7 heteroatoms. The lowest BCUT2D eigenvalue weighted by Gasteiger charge is -2.31. The molecule has 6 nitrogen and oxygen atoms in total. The first-order valence-corrected chi connectivity index (χ1v) is 9.79. The molecule has 0 aliphatic carbocycles. The molecule has 1 heterocycles. The molecule has 0 fully saturated rings. The van der Waals surface area contributed by atoms with Crippen LogP contribution in [0.5, 0.6) is 0 Å². The van der Waals surface area contributed by atoms with Gasteiger partial charge in [-0.05, 0) is 51.8 Å². The Kier molecular flexibility index (Phi) is 8.13. The van der Waals surface area contributed by atoms with Crippen LogP contribution in [0.15, 0.2) is 30.3 Å². The normalized spacial score (nSPS) is 11.1. The second kappa shape index (κ2) is 10.3. The Morgan fingerprint density at radius 3 is 2.30 bits per heavy atom. The van der Waals surface area contributed by atoms with Gasteiger partial charge in [0.15, 0.2) is 0 Å². The van der Waals surface area contributed by atoms with Gasteiger partial charge in [-0.1, -0.05) is 23.7 Å². The summed E-state index contributed by atoms with van der Waals surface area (Å²) in [6.07, 6.45) is 0.669. The lowest BCUT2D eigenvalue weighted by Crippen LogP contribution is -2.38. The Labute approximate surface area is 167 Å². The summed E-state index contributed by atoms with van der Waals surface area (Å²) < 4.78 is 0. The predicted molar refractivity (Wildman–Crippen MR) is 114 cm³/mol. The van der Waals surface area contributed by atoms with Gasteiger partial charge >= 0.3 is 0 Å². The number of hydrogen-bond acceptors (Lipinski definition) is 6. The van der Waals surface area contributed by atoms with Gasteiger partial charge in [0.2, 0.25) is 5.95 Å². The maximum Gasteiger partial charge on any atom is 0.229 e. The van der Waals surface area contributed by atoms with E-state index in [9.17, 15) is 0 Å². The van der Waals surface area contributed by atoms with Gasteiger partial charge in [0.05, 0.1) is 0 Å². The van der Waals surface area contributed by atoms with Crippen LogP contribution in [0.25, 0.3) is 0 Å². The summed E-state index contributed by atoms with van der Waals surface area (Å²) in [5.41, 5.74) is 1.09. The highest BCUT2D eigenvalue weighted by Crippen LogP contribution is 2.22. The predicted octanol–water partition coefficient (Wildman–Crippen LogP) is 4.16. The number of hydrogen-bond donors (Lipinski definition) is 3. The van der Waals surface area contributed by atoms with Gasteiger partial charge in [-0.25, -0.2) is 0 Å². The summed E-state index contributed by atoms with van der Waals surface area (Å²) in [6.45, 7) is 9.96. The monoisotopic (exact) mass is 391 g/mol. The van der Waals surface area contributed by atoms with Crippen molar-refractivity contribution in [2.24, 2.45) is 0 Å². The van der Waals surface area contributed by atoms with E-state index < -0.39 is 0 Å². The zero-order valence-electron chi connectivity index (χ0n) is 16.5. The van der Waals surface area contributed by atoms with Gasteiger partial charge in [0.1, 0.15) is 11.6 Å². The van der Waals surface area contributed by atoms with E-state index in [2.05, 4.69) is 48.2 Å². The van der Waals surface area contributed by atoms with Crippen LogP contribution < -0.4 is 15.5 Å². The number of nitrogens with zero attached hydrogens (tertiary/aromatic N) is 3. The zero-order chi connectivity index (χ0) is 19.8. The number of halogens is 1. The Bertz CT molecular complexity index is 715. The van der Waals surface area contributed by atoms with E-state index in [4.69, 9.17) is 21.7 Å². The third-order valence-electron chi connectivity index (χ3n) is 4.06. The van der Waals surface area contributed by atoms with Crippen LogP contribution in [0.3, 0.4) is 0 Å². The van der Waals surface area contributed by atoms with Crippen molar-refractivity contribution >= 4 is 29.2 Å². The summed E-state index contributed by atoms with van der Waals surface area (Å²) in [6, 6.07) is 10.2. The summed E-state index contributed by atoms with van der Waals surface area (Å²) in [4.78, 5) is 11.6. The molecule has 0 atom stereocenters. The molecule has 0 radical (unpaired) electrons. The summed E-state index contributed by atoms with van der Waals surface area (Å²) in [7, 11) is 0. The van der Waals surface area contributed by atoms with Gasteiger partial charge in [-0.15, -0.1) is 0 Å². The number of anilines is 3. The maximum atomic E-state index is 9.02. The fraction of sp³-hybridized carbons (Fsp3) is 0.500. The molecule has 0 saturated heterocycles. The molecule has 0 bridgehead atoms. The van der Waals surface area contributed by atoms with Crippen molar-refractivity contribution in [1.29, 1.82) is 0 Å². The maximum absolute atomic E-state index is 9.02.